The van der Waals surface area contributed by atoms with Gasteiger partial charge < -0.3 is 20.1 Å². The van der Waals surface area contributed by atoms with Gasteiger partial charge in [0.25, 0.3) is 5.92 Å². The molecule has 1 aliphatic rings. The summed E-state index contributed by atoms with van der Waals surface area (Å²) in [6.07, 6.45) is 2.93. The Labute approximate surface area is 131 Å². The highest BCUT2D eigenvalue weighted by Crippen LogP contribution is 2.22. The summed E-state index contributed by atoms with van der Waals surface area (Å²) >= 11 is 0. The van der Waals surface area contributed by atoms with Gasteiger partial charge in [-0.2, -0.15) is 0 Å². The van der Waals surface area contributed by atoms with E-state index in [9.17, 15) is 13.6 Å². The summed E-state index contributed by atoms with van der Waals surface area (Å²) in [5.74, 6) is -3.04. The first-order valence-electron chi connectivity index (χ1n) is 7.74. The molecule has 7 heteroatoms. The Morgan fingerprint density at radius 3 is 2.41 bits per heavy atom. The van der Waals surface area contributed by atoms with E-state index >= 15 is 0 Å². The van der Waals surface area contributed by atoms with Crippen LogP contribution >= 0.6 is 0 Å². The molecule has 1 amide bonds. The number of ether oxygens (including phenoxy) is 2. The van der Waals surface area contributed by atoms with Crippen LogP contribution in [0, 0.1) is 0 Å². The van der Waals surface area contributed by atoms with E-state index < -0.39 is 30.7 Å². The molecule has 0 radical (unpaired) electrons. The van der Waals surface area contributed by atoms with Gasteiger partial charge in [-0.1, -0.05) is 12.8 Å². The summed E-state index contributed by atoms with van der Waals surface area (Å²) in [6, 6.07) is -0.0637. The third kappa shape index (κ3) is 7.35. The Bertz CT molecular complexity index is 359. The average molecular weight is 322 g/mol. The van der Waals surface area contributed by atoms with Crippen molar-refractivity contribution in [2.45, 2.75) is 70.1 Å². The van der Waals surface area contributed by atoms with Crippen molar-refractivity contribution in [1.82, 2.24) is 10.6 Å². The molecule has 22 heavy (non-hydrogen) atoms. The summed E-state index contributed by atoms with van der Waals surface area (Å²) in [7, 11) is 1.60. The van der Waals surface area contributed by atoms with Crippen LogP contribution in [0.3, 0.4) is 0 Å². The molecule has 0 bridgehead atoms. The molecule has 130 valence electrons. The lowest BCUT2D eigenvalue weighted by atomic mass is 9.92. The molecule has 2 N–H and O–H groups in total. The van der Waals surface area contributed by atoms with Crippen LogP contribution in [0.1, 0.15) is 46.5 Å². The maximum atomic E-state index is 13.8. The first kappa shape index (κ1) is 19.1. The van der Waals surface area contributed by atoms with Gasteiger partial charge in [0.2, 0.25) is 0 Å². The zero-order valence-electron chi connectivity index (χ0n) is 13.9. The summed E-state index contributed by atoms with van der Waals surface area (Å²) in [5.41, 5.74) is -0.703. The second-order valence-corrected chi connectivity index (χ2v) is 6.76. The minimum Gasteiger partial charge on any atom is -0.444 e. The molecule has 1 saturated carbocycles. The van der Waals surface area contributed by atoms with Gasteiger partial charge in [-0.3, -0.25) is 0 Å². The van der Waals surface area contributed by atoms with E-state index in [1.807, 2.05) is 0 Å². The zero-order chi connectivity index (χ0) is 16.8. The van der Waals surface area contributed by atoms with Crippen molar-refractivity contribution in [3.05, 3.63) is 0 Å². The Kier molecular flexibility index (Phi) is 6.99. The van der Waals surface area contributed by atoms with Crippen molar-refractivity contribution >= 4 is 6.09 Å². The molecule has 0 saturated heterocycles. The van der Waals surface area contributed by atoms with E-state index in [1.54, 1.807) is 27.9 Å². The lowest BCUT2D eigenvalue weighted by molar-refractivity contribution is -0.0176. The maximum absolute atomic E-state index is 13.8. The Hall–Kier alpha value is -0.950. The van der Waals surface area contributed by atoms with Crippen molar-refractivity contribution < 1.29 is 23.0 Å². The third-order valence-corrected chi connectivity index (χ3v) is 3.52. The zero-order valence-corrected chi connectivity index (χ0v) is 13.9. The van der Waals surface area contributed by atoms with E-state index in [4.69, 9.17) is 9.47 Å². The van der Waals surface area contributed by atoms with Crippen LogP contribution in [-0.2, 0) is 9.47 Å². The summed E-state index contributed by atoms with van der Waals surface area (Å²) in [5, 5.41) is 4.98. The Morgan fingerprint density at radius 2 is 1.82 bits per heavy atom. The minimum absolute atomic E-state index is 0.0247. The highest BCUT2D eigenvalue weighted by molar-refractivity contribution is 5.67. The van der Waals surface area contributed by atoms with E-state index in [-0.39, 0.29) is 12.1 Å². The smallest absolute Gasteiger partial charge is 0.407 e. The molecule has 0 aromatic rings. The first-order valence-corrected chi connectivity index (χ1v) is 7.74. The number of hydrogen-bond acceptors (Lipinski definition) is 4. The molecule has 0 spiro atoms. The van der Waals surface area contributed by atoms with Crippen molar-refractivity contribution in [2.24, 2.45) is 0 Å². The number of hydrogen-bond donors (Lipinski definition) is 2. The van der Waals surface area contributed by atoms with Gasteiger partial charge in [-0.05, 0) is 33.6 Å². The van der Waals surface area contributed by atoms with E-state index in [1.165, 1.54) is 0 Å². The number of amides is 1. The number of rotatable bonds is 6. The Balaban J connectivity index is 2.35. The number of alkyl carbamates (subject to hydrolysis) is 1. The van der Waals surface area contributed by atoms with Crippen LogP contribution in [-0.4, -0.2) is 50.0 Å². The molecule has 0 heterocycles. The minimum atomic E-state index is -3.04. The van der Waals surface area contributed by atoms with Gasteiger partial charge >= 0.3 is 6.09 Å². The third-order valence-electron chi connectivity index (χ3n) is 3.52. The molecule has 2 atom stereocenters. The number of alkyl halides is 2. The monoisotopic (exact) mass is 322 g/mol. The molecular weight excluding hydrogens is 294 g/mol. The second kappa shape index (κ2) is 8.06. The fraction of sp³-hybridized carbons (Fsp3) is 0.933. The topological polar surface area (TPSA) is 59.6 Å². The van der Waals surface area contributed by atoms with Gasteiger partial charge in [-0.15, -0.1) is 0 Å². The van der Waals surface area contributed by atoms with Gasteiger partial charge in [0.15, 0.2) is 0 Å². The number of carbonyl (C=O) groups excluding carboxylic acids is 1. The average Bonchev–Trinajstić information content (AvgIpc) is 2.42. The quantitative estimate of drug-likeness (QED) is 0.789. The van der Waals surface area contributed by atoms with Gasteiger partial charge in [0.05, 0.1) is 19.2 Å². The standard InChI is InChI=1S/C15H28F2N2O3/c1-14(2,3)22-13(20)19-10-15(16,17)9-18-11-7-5-6-8-12(11)21-4/h11-12,18H,5-10H2,1-4H3,(H,19,20). The maximum Gasteiger partial charge on any atom is 0.407 e. The molecule has 0 aromatic heterocycles. The highest BCUT2D eigenvalue weighted by Gasteiger charge is 2.33. The van der Waals surface area contributed by atoms with E-state index in [0.29, 0.717) is 0 Å². The number of carbonyl (C=O) groups is 1. The molecule has 0 aliphatic heterocycles. The van der Waals surface area contributed by atoms with Crippen LogP contribution in [0.2, 0.25) is 0 Å². The predicted molar refractivity (Wildman–Crippen MR) is 80.2 cm³/mol. The number of methoxy groups -OCH3 is 1. The SMILES string of the molecule is COC1CCCCC1NCC(F)(F)CNC(=O)OC(C)(C)C. The number of halogens is 2. The molecule has 5 nitrogen and oxygen atoms in total. The fourth-order valence-corrected chi connectivity index (χ4v) is 2.47. The predicted octanol–water partition coefficient (Wildman–Crippen LogP) is 2.69. The van der Waals surface area contributed by atoms with E-state index in [2.05, 4.69) is 10.6 Å². The van der Waals surface area contributed by atoms with Crippen molar-refractivity contribution in [3.8, 4) is 0 Å². The lowest BCUT2D eigenvalue weighted by Crippen LogP contribution is -2.50. The molecule has 0 aromatic carbocycles. The molecule has 1 fully saturated rings. The molecule has 1 aliphatic carbocycles. The number of nitrogens with one attached hydrogen (secondary N) is 2. The van der Waals surface area contributed by atoms with Crippen LogP contribution in [0.4, 0.5) is 13.6 Å². The first-order chi connectivity index (χ1) is 10.1. The van der Waals surface area contributed by atoms with E-state index in [0.717, 1.165) is 25.7 Å². The van der Waals surface area contributed by atoms with Crippen molar-refractivity contribution in [3.63, 3.8) is 0 Å². The van der Waals surface area contributed by atoms with Crippen LogP contribution in [0.5, 0.6) is 0 Å². The fourth-order valence-electron chi connectivity index (χ4n) is 2.47. The van der Waals surface area contributed by atoms with Crippen LogP contribution in [0.15, 0.2) is 0 Å². The van der Waals surface area contributed by atoms with Crippen molar-refractivity contribution in [1.29, 1.82) is 0 Å². The normalized spacial score (nSPS) is 23.2. The largest absolute Gasteiger partial charge is 0.444 e. The second-order valence-electron chi connectivity index (χ2n) is 6.76. The molecular formula is C15H28F2N2O3. The molecule has 2 unspecified atom stereocenters. The lowest BCUT2D eigenvalue weighted by Gasteiger charge is -2.32. The van der Waals surface area contributed by atoms with Gasteiger partial charge in [0, 0.05) is 13.2 Å². The van der Waals surface area contributed by atoms with Crippen LogP contribution < -0.4 is 10.6 Å². The molecule has 1 rings (SSSR count). The van der Waals surface area contributed by atoms with Gasteiger partial charge in [0.1, 0.15) is 5.60 Å². The Morgan fingerprint density at radius 1 is 1.18 bits per heavy atom. The van der Waals surface area contributed by atoms with Crippen LogP contribution in [0.25, 0.3) is 0 Å². The summed E-state index contributed by atoms with van der Waals surface area (Å²) in [4.78, 5) is 11.4. The van der Waals surface area contributed by atoms with Crippen molar-refractivity contribution in [2.75, 3.05) is 20.2 Å². The summed E-state index contributed by atoms with van der Waals surface area (Å²) in [6.45, 7) is 3.80. The van der Waals surface area contributed by atoms with Gasteiger partial charge in [-0.25, -0.2) is 13.6 Å². The highest BCUT2D eigenvalue weighted by atomic mass is 19.3. The summed E-state index contributed by atoms with van der Waals surface area (Å²) < 4.78 is 37.9.